The Morgan fingerprint density at radius 1 is 1.12 bits per heavy atom. The van der Waals surface area contributed by atoms with Crippen LogP contribution in [0.1, 0.15) is 39.0 Å². The average Bonchev–Trinajstić information content (AvgIpc) is 2.40. The number of hydrogen-bond donors (Lipinski definition) is 0. The fourth-order valence-electron chi connectivity index (χ4n) is 2.47. The molecule has 2 heteroatoms. The van der Waals surface area contributed by atoms with E-state index in [9.17, 15) is 0 Å². The molecule has 0 saturated heterocycles. The number of benzene rings is 1. The van der Waals surface area contributed by atoms with Gasteiger partial charge in [0.15, 0.2) is 0 Å². The summed E-state index contributed by atoms with van der Waals surface area (Å²) >= 11 is 0. The minimum atomic E-state index is 0.700. The summed E-state index contributed by atoms with van der Waals surface area (Å²) in [6, 6.07) is 7.97. The van der Waals surface area contributed by atoms with Crippen LogP contribution in [0.5, 0.6) is 5.75 Å². The van der Waals surface area contributed by atoms with Crippen molar-refractivity contribution in [2.75, 3.05) is 7.11 Å². The van der Waals surface area contributed by atoms with Gasteiger partial charge in [-0.25, -0.2) is 0 Å². The lowest BCUT2D eigenvalue weighted by Crippen LogP contribution is -2.14. The molecule has 2 rings (SSSR count). The first-order valence-corrected chi connectivity index (χ1v) is 6.49. The van der Waals surface area contributed by atoms with E-state index in [1.54, 1.807) is 7.11 Å². The highest BCUT2D eigenvalue weighted by Gasteiger charge is 2.15. The highest BCUT2D eigenvalue weighted by Crippen LogP contribution is 2.27. The van der Waals surface area contributed by atoms with Crippen molar-refractivity contribution in [3.63, 3.8) is 0 Å². The smallest absolute Gasteiger partial charge is 0.119 e. The molecule has 1 aliphatic carbocycles. The lowest BCUT2D eigenvalue weighted by Gasteiger charge is -2.21. The molecule has 2 nitrogen and oxygen atoms in total. The molecule has 1 aliphatic rings. The van der Waals surface area contributed by atoms with Crippen molar-refractivity contribution in [3.8, 4) is 5.75 Å². The summed E-state index contributed by atoms with van der Waals surface area (Å²) in [4.78, 5) is 4.72. The van der Waals surface area contributed by atoms with Crippen molar-refractivity contribution < 1.29 is 4.74 Å². The Labute approximate surface area is 104 Å². The van der Waals surface area contributed by atoms with E-state index in [4.69, 9.17) is 9.73 Å². The first-order valence-electron chi connectivity index (χ1n) is 6.49. The molecule has 1 saturated carbocycles. The van der Waals surface area contributed by atoms with Crippen LogP contribution in [0.15, 0.2) is 29.3 Å². The molecule has 0 radical (unpaired) electrons. The van der Waals surface area contributed by atoms with Crippen LogP contribution < -0.4 is 4.74 Å². The molecular weight excluding hydrogens is 210 g/mol. The summed E-state index contributed by atoms with van der Waals surface area (Å²) in [5.74, 6) is 1.59. The summed E-state index contributed by atoms with van der Waals surface area (Å²) in [5, 5.41) is 0. The third-order valence-corrected chi connectivity index (χ3v) is 3.57. The molecule has 92 valence electrons. The van der Waals surface area contributed by atoms with Gasteiger partial charge >= 0.3 is 0 Å². The Morgan fingerprint density at radius 3 is 2.35 bits per heavy atom. The SMILES string of the molecule is COc1ccc(N=C(C)C2CCCCC2)cc1. The largest absolute Gasteiger partial charge is 0.497 e. The highest BCUT2D eigenvalue weighted by atomic mass is 16.5. The van der Waals surface area contributed by atoms with Gasteiger partial charge in [-0.1, -0.05) is 19.3 Å². The molecule has 0 aliphatic heterocycles. The molecule has 17 heavy (non-hydrogen) atoms. The Morgan fingerprint density at radius 2 is 1.76 bits per heavy atom. The molecule has 0 unspecified atom stereocenters. The van der Waals surface area contributed by atoms with Gasteiger partial charge in [-0.3, -0.25) is 4.99 Å². The van der Waals surface area contributed by atoms with Gasteiger partial charge in [0, 0.05) is 5.71 Å². The van der Waals surface area contributed by atoms with Crippen LogP contribution in [0.2, 0.25) is 0 Å². The van der Waals surface area contributed by atoms with Crippen molar-refractivity contribution in [3.05, 3.63) is 24.3 Å². The van der Waals surface area contributed by atoms with E-state index in [1.165, 1.54) is 37.8 Å². The second kappa shape index (κ2) is 5.85. The van der Waals surface area contributed by atoms with E-state index in [2.05, 4.69) is 6.92 Å². The van der Waals surface area contributed by atoms with E-state index in [-0.39, 0.29) is 0 Å². The first kappa shape index (κ1) is 12.2. The van der Waals surface area contributed by atoms with E-state index in [1.807, 2.05) is 24.3 Å². The predicted molar refractivity (Wildman–Crippen MR) is 72.3 cm³/mol. The van der Waals surface area contributed by atoms with Gasteiger partial charge in [-0.05, 0) is 49.9 Å². The van der Waals surface area contributed by atoms with Crippen molar-refractivity contribution in [1.29, 1.82) is 0 Å². The van der Waals surface area contributed by atoms with Crippen LogP contribution >= 0.6 is 0 Å². The minimum absolute atomic E-state index is 0.700. The normalized spacial score (nSPS) is 18.1. The summed E-state index contributed by atoms with van der Waals surface area (Å²) in [6.45, 7) is 2.17. The molecule has 1 aromatic rings. The van der Waals surface area contributed by atoms with Gasteiger partial charge in [0.05, 0.1) is 12.8 Å². The highest BCUT2D eigenvalue weighted by molar-refractivity contribution is 5.86. The third kappa shape index (κ3) is 3.32. The maximum atomic E-state index is 5.14. The molecule has 0 aromatic heterocycles. The minimum Gasteiger partial charge on any atom is -0.497 e. The number of nitrogens with zero attached hydrogens (tertiary/aromatic N) is 1. The van der Waals surface area contributed by atoms with Gasteiger partial charge in [-0.2, -0.15) is 0 Å². The van der Waals surface area contributed by atoms with Crippen LogP contribution in [0.4, 0.5) is 5.69 Å². The van der Waals surface area contributed by atoms with Crippen molar-refractivity contribution >= 4 is 11.4 Å². The molecular formula is C15H21NO. The number of ether oxygens (including phenoxy) is 1. The number of methoxy groups -OCH3 is 1. The lowest BCUT2D eigenvalue weighted by atomic mass is 9.86. The molecule has 0 amide bonds. The van der Waals surface area contributed by atoms with Crippen molar-refractivity contribution in [2.45, 2.75) is 39.0 Å². The molecule has 1 aromatic carbocycles. The summed E-state index contributed by atoms with van der Waals surface area (Å²) in [6.07, 6.45) is 6.74. The van der Waals surface area contributed by atoms with Crippen molar-refractivity contribution in [2.24, 2.45) is 10.9 Å². The third-order valence-electron chi connectivity index (χ3n) is 3.57. The quantitative estimate of drug-likeness (QED) is 0.708. The molecule has 0 spiro atoms. The standard InChI is InChI=1S/C15H21NO/c1-12(13-6-4-3-5-7-13)16-14-8-10-15(17-2)11-9-14/h8-11,13H,3-7H2,1-2H3. The summed E-state index contributed by atoms with van der Waals surface area (Å²) in [5.41, 5.74) is 2.32. The molecule has 0 atom stereocenters. The number of hydrogen-bond acceptors (Lipinski definition) is 2. The van der Waals surface area contributed by atoms with Crippen LogP contribution in [-0.4, -0.2) is 12.8 Å². The first-order chi connectivity index (χ1) is 8.29. The van der Waals surface area contributed by atoms with Gasteiger partial charge in [0.1, 0.15) is 5.75 Å². The maximum absolute atomic E-state index is 5.14. The van der Waals surface area contributed by atoms with Gasteiger partial charge in [-0.15, -0.1) is 0 Å². The van der Waals surface area contributed by atoms with E-state index >= 15 is 0 Å². The summed E-state index contributed by atoms with van der Waals surface area (Å²) < 4.78 is 5.14. The lowest BCUT2D eigenvalue weighted by molar-refractivity contribution is 0.415. The zero-order valence-electron chi connectivity index (χ0n) is 10.8. The van der Waals surface area contributed by atoms with Crippen molar-refractivity contribution in [1.82, 2.24) is 0 Å². The Hall–Kier alpha value is -1.31. The predicted octanol–water partition coefficient (Wildman–Crippen LogP) is 4.37. The van der Waals surface area contributed by atoms with E-state index in [0.29, 0.717) is 5.92 Å². The van der Waals surface area contributed by atoms with Gasteiger partial charge in [0.25, 0.3) is 0 Å². The van der Waals surface area contributed by atoms with Gasteiger partial charge < -0.3 is 4.74 Å². The van der Waals surface area contributed by atoms with E-state index in [0.717, 1.165) is 11.4 Å². The van der Waals surface area contributed by atoms with Gasteiger partial charge in [0.2, 0.25) is 0 Å². The Kier molecular flexibility index (Phi) is 4.18. The second-order valence-corrected chi connectivity index (χ2v) is 4.79. The zero-order valence-corrected chi connectivity index (χ0v) is 10.8. The van der Waals surface area contributed by atoms with Crippen LogP contribution in [0.25, 0.3) is 0 Å². The fraction of sp³-hybridized carbons (Fsp3) is 0.533. The molecule has 1 fully saturated rings. The molecule has 0 N–H and O–H groups in total. The topological polar surface area (TPSA) is 21.6 Å². The fourth-order valence-corrected chi connectivity index (χ4v) is 2.47. The Balaban J connectivity index is 2.05. The van der Waals surface area contributed by atoms with Crippen LogP contribution in [-0.2, 0) is 0 Å². The molecule has 0 bridgehead atoms. The van der Waals surface area contributed by atoms with Crippen LogP contribution in [0.3, 0.4) is 0 Å². The monoisotopic (exact) mass is 231 g/mol. The number of rotatable bonds is 3. The zero-order chi connectivity index (χ0) is 12.1. The molecule has 0 heterocycles. The summed E-state index contributed by atoms with van der Waals surface area (Å²) in [7, 11) is 1.69. The van der Waals surface area contributed by atoms with E-state index < -0.39 is 0 Å². The second-order valence-electron chi connectivity index (χ2n) is 4.79. The Bertz CT molecular complexity index is 374. The maximum Gasteiger partial charge on any atom is 0.119 e. The van der Waals surface area contributed by atoms with Crippen LogP contribution in [0, 0.1) is 5.92 Å². The number of aliphatic imine (C=N–C) groups is 1. The average molecular weight is 231 g/mol.